The Hall–Kier alpha value is -1.88. The minimum absolute atomic E-state index is 0.142. The third-order valence-electron chi connectivity index (χ3n) is 2.73. The van der Waals surface area contributed by atoms with Crippen molar-refractivity contribution < 1.29 is 17.9 Å². The Bertz CT molecular complexity index is 676. The average Bonchev–Trinajstić information content (AvgIpc) is 2.38. The van der Waals surface area contributed by atoms with Crippen molar-refractivity contribution in [2.45, 2.75) is 17.3 Å². The fourth-order valence-electron chi connectivity index (χ4n) is 1.69. The van der Waals surface area contributed by atoms with Gasteiger partial charge < -0.3 is 4.74 Å². The zero-order valence-electron chi connectivity index (χ0n) is 9.74. The summed E-state index contributed by atoms with van der Waals surface area (Å²) in [5.74, 6) is 0. The van der Waals surface area contributed by atoms with Crippen LogP contribution in [0.1, 0.15) is 6.92 Å². The first-order valence-electron chi connectivity index (χ1n) is 5.37. The summed E-state index contributed by atoms with van der Waals surface area (Å²) in [6.07, 6.45) is 0. The van der Waals surface area contributed by atoms with Gasteiger partial charge in [0, 0.05) is 0 Å². The molecule has 0 aromatic heterocycles. The van der Waals surface area contributed by atoms with Crippen LogP contribution in [0, 0.1) is 0 Å². The van der Waals surface area contributed by atoms with Gasteiger partial charge in [0.05, 0.1) is 4.90 Å². The van der Waals surface area contributed by atoms with Gasteiger partial charge in [-0.3, -0.25) is 4.79 Å². The van der Waals surface area contributed by atoms with Crippen LogP contribution in [0.15, 0.2) is 47.4 Å². The van der Waals surface area contributed by atoms with Gasteiger partial charge in [-0.2, -0.15) is 0 Å². The predicted molar refractivity (Wildman–Crippen MR) is 67.7 cm³/mol. The van der Waals surface area contributed by atoms with E-state index in [9.17, 15) is 13.2 Å². The molecule has 2 aromatic carbocycles. The van der Waals surface area contributed by atoms with Crippen molar-refractivity contribution >= 4 is 27.1 Å². The topological polar surface area (TPSA) is 60.4 Å². The normalized spacial score (nSPS) is 13.2. The van der Waals surface area contributed by atoms with E-state index in [1.165, 1.54) is 13.0 Å². The van der Waals surface area contributed by atoms with Crippen molar-refractivity contribution in [1.82, 2.24) is 0 Å². The van der Waals surface area contributed by atoms with Gasteiger partial charge in [0.15, 0.2) is 0 Å². The Morgan fingerprint density at radius 2 is 1.78 bits per heavy atom. The lowest BCUT2D eigenvalue weighted by Crippen LogP contribution is -2.20. The number of fused-ring (bicyclic) bond motifs is 1. The highest BCUT2D eigenvalue weighted by atomic mass is 32.2. The highest BCUT2D eigenvalue weighted by Gasteiger charge is 2.24. The van der Waals surface area contributed by atoms with Crippen molar-refractivity contribution in [3.63, 3.8) is 0 Å². The van der Waals surface area contributed by atoms with Crippen LogP contribution in [0.2, 0.25) is 0 Å². The van der Waals surface area contributed by atoms with Gasteiger partial charge in [-0.25, -0.2) is 8.42 Å². The summed E-state index contributed by atoms with van der Waals surface area (Å²) in [5.41, 5.74) is -1.18. The quantitative estimate of drug-likeness (QED) is 0.794. The van der Waals surface area contributed by atoms with E-state index in [1.54, 1.807) is 12.1 Å². The SMILES string of the molecule is CC(OC=O)S(=O)(=O)c1ccc2ccccc2c1. The van der Waals surface area contributed by atoms with Crippen molar-refractivity contribution in [1.29, 1.82) is 0 Å². The Morgan fingerprint density at radius 1 is 1.11 bits per heavy atom. The van der Waals surface area contributed by atoms with Gasteiger partial charge in [-0.15, -0.1) is 0 Å². The van der Waals surface area contributed by atoms with Crippen LogP contribution in [0.3, 0.4) is 0 Å². The summed E-state index contributed by atoms with van der Waals surface area (Å²) in [4.78, 5) is 10.4. The van der Waals surface area contributed by atoms with E-state index in [0.29, 0.717) is 0 Å². The minimum Gasteiger partial charge on any atom is -0.448 e. The van der Waals surface area contributed by atoms with Gasteiger partial charge in [0.2, 0.25) is 15.3 Å². The summed E-state index contributed by atoms with van der Waals surface area (Å²) in [6, 6.07) is 12.3. The first kappa shape index (κ1) is 12.6. The molecule has 1 unspecified atom stereocenters. The fraction of sp³-hybridized carbons (Fsp3) is 0.154. The first-order chi connectivity index (χ1) is 8.55. The Balaban J connectivity index is 2.51. The Labute approximate surface area is 105 Å². The van der Waals surface area contributed by atoms with E-state index in [0.717, 1.165) is 10.8 Å². The number of hydrogen-bond acceptors (Lipinski definition) is 4. The fourth-order valence-corrected chi connectivity index (χ4v) is 2.81. The van der Waals surface area contributed by atoms with Gasteiger partial charge in [-0.05, 0) is 29.8 Å². The summed E-state index contributed by atoms with van der Waals surface area (Å²) >= 11 is 0. The van der Waals surface area contributed by atoms with Crippen molar-refractivity contribution in [2.24, 2.45) is 0 Å². The molecule has 0 spiro atoms. The molecule has 0 saturated heterocycles. The van der Waals surface area contributed by atoms with Crippen LogP contribution in [-0.2, 0) is 19.4 Å². The van der Waals surface area contributed by atoms with Crippen LogP contribution in [0.25, 0.3) is 10.8 Å². The molecule has 0 heterocycles. The maximum atomic E-state index is 12.1. The van der Waals surface area contributed by atoms with E-state index in [2.05, 4.69) is 4.74 Å². The van der Waals surface area contributed by atoms with E-state index in [-0.39, 0.29) is 11.4 Å². The molecule has 1 atom stereocenters. The molecule has 2 rings (SSSR count). The molecule has 0 aliphatic carbocycles. The van der Waals surface area contributed by atoms with E-state index in [4.69, 9.17) is 0 Å². The molecule has 4 nitrogen and oxygen atoms in total. The summed E-state index contributed by atoms with van der Waals surface area (Å²) in [6.45, 7) is 1.47. The lowest BCUT2D eigenvalue weighted by molar-refractivity contribution is -0.129. The van der Waals surface area contributed by atoms with Crippen LogP contribution < -0.4 is 0 Å². The number of rotatable bonds is 4. The molecule has 5 heteroatoms. The van der Waals surface area contributed by atoms with Crippen LogP contribution in [0.4, 0.5) is 0 Å². The molecule has 18 heavy (non-hydrogen) atoms. The monoisotopic (exact) mass is 264 g/mol. The zero-order valence-corrected chi connectivity index (χ0v) is 10.6. The molecule has 0 N–H and O–H groups in total. The van der Waals surface area contributed by atoms with Gasteiger partial charge >= 0.3 is 0 Å². The van der Waals surface area contributed by atoms with Crippen LogP contribution in [0.5, 0.6) is 0 Å². The second-order valence-corrected chi connectivity index (χ2v) is 6.08. The molecular formula is C13H12O4S. The summed E-state index contributed by atoms with van der Waals surface area (Å²) in [7, 11) is -3.65. The highest BCUT2D eigenvalue weighted by molar-refractivity contribution is 7.91. The molecule has 94 valence electrons. The smallest absolute Gasteiger partial charge is 0.294 e. The molecule has 0 radical (unpaired) electrons. The number of hydrogen-bond donors (Lipinski definition) is 0. The minimum atomic E-state index is -3.65. The summed E-state index contributed by atoms with van der Waals surface area (Å²) < 4.78 is 28.7. The molecule has 2 aromatic rings. The molecule has 0 aliphatic rings. The van der Waals surface area contributed by atoms with E-state index < -0.39 is 15.3 Å². The number of sulfone groups is 1. The van der Waals surface area contributed by atoms with Crippen molar-refractivity contribution in [2.75, 3.05) is 0 Å². The van der Waals surface area contributed by atoms with Gasteiger partial charge in [-0.1, -0.05) is 30.3 Å². The predicted octanol–water partition coefficient (Wildman–Crippen LogP) is 2.13. The third kappa shape index (κ3) is 2.22. The second-order valence-electron chi connectivity index (χ2n) is 3.85. The molecular weight excluding hydrogens is 252 g/mol. The number of carbonyl (C=O) groups excluding carboxylic acids is 1. The molecule has 0 amide bonds. The molecule has 0 aliphatic heterocycles. The Kier molecular flexibility index (Phi) is 3.34. The lowest BCUT2D eigenvalue weighted by Gasteiger charge is -2.11. The van der Waals surface area contributed by atoms with E-state index >= 15 is 0 Å². The van der Waals surface area contributed by atoms with Crippen LogP contribution >= 0.6 is 0 Å². The second kappa shape index (κ2) is 4.78. The zero-order chi connectivity index (χ0) is 13.2. The van der Waals surface area contributed by atoms with Crippen molar-refractivity contribution in [3.05, 3.63) is 42.5 Å². The molecule has 0 fully saturated rings. The third-order valence-corrected chi connectivity index (χ3v) is 4.63. The average molecular weight is 264 g/mol. The number of carbonyl (C=O) groups is 1. The maximum Gasteiger partial charge on any atom is 0.294 e. The van der Waals surface area contributed by atoms with E-state index in [1.807, 2.05) is 24.3 Å². The molecule has 0 saturated carbocycles. The maximum absolute atomic E-state index is 12.1. The highest BCUT2D eigenvalue weighted by Crippen LogP contribution is 2.22. The van der Waals surface area contributed by atoms with Crippen molar-refractivity contribution in [3.8, 4) is 0 Å². The number of ether oxygens (including phenoxy) is 1. The van der Waals surface area contributed by atoms with Gasteiger partial charge in [0.1, 0.15) is 0 Å². The van der Waals surface area contributed by atoms with Crippen LogP contribution in [-0.4, -0.2) is 20.3 Å². The first-order valence-corrected chi connectivity index (χ1v) is 6.92. The van der Waals surface area contributed by atoms with Gasteiger partial charge in [0.25, 0.3) is 6.47 Å². The molecule has 0 bridgehead atoms. The summed E-state index contributed by atoms with van der Waals surface area (Å²) in [5, 5.41) is 1.79. The number of benzene rings is 2. The standard InChI is InChI=1S/C13H12O4S/c1-10(17-9-14)18(15,16)13-7-6-11-4-2-3-5-12(11)8-13/h2-10H,1H3. The lowest BCUT2D eigenvalue weighted by atomic mass is 10.1. The largest absolute Gasteiger partial charge is 0.448 e. The Morgan fingerprint density at radius 3 is 2.44 bits per heavy atom.